The molecule has 1 aromatic carbocycles. The summed E-state index contributed by atoms with van der Waals surface area (Å²) in [5.74, 6) is 1.10. The lowest BCUT2D eigenvalue weighted by Gasteiger charge is -2.22. The fourth-order valence-electron chi connectivity index (χ4n) is 2.15. The molecular formula is C16H21NO2. The van der Waals surface area contributed by atoms with Crippen LogP contribution in [0.5, 0.6) is 5.75 Å². The summed E-state index contributed by atoms with van der Waals surface area (Å²) in [6.45, 7) is 7.80. The largest absolute Gasteiger partial charge is 0.497 e. The van der Waals surface area contributed by atoms with Crippen LogP contribution in [0.25, 0.3) is 10.9 Å². The molecule has 0 aliphatic rings. The number of fused-ring (bicyclic) bond motifs is 1. The lowest BCUT2D eigenvalue weighted by Crippen LogP contribution is -2.17. The molecule has 0 amide bonds. The van der Waals surface area contributed by atoms with Crippen LogP contribution in [-0.2, 0) is 5.60 Å². The summed E-state index contributed by atoms with van der Waals surface area (Å²) < 4.78 is 5.26. The molecular weight excluding hydrogens is 238 g/mol. The van der Waals surface area contributed by atoms with E-state index in [4.69, 9.17) is 4.74 Å². The van der Waals surface area contributed by atoms with Crippen molar-refractivity contribution in [2.24, 2.45) is 0 Å². The zero-order valence-electron chi connectivity index (χ0n) is 12.2. The number of nitrogens with zero attached hydrogens (tertiary/aromatic N) is 1. The van der Waals surface area contributed by atoms with E-state index < -0.39 is 5.60 Å². The highest BCUT2D eigenvalue weighted by Gasteiger charge is 2.21. The van der Waals surface area contributed by atoms with Crippen LogP contribution in [0.15, 0.2) is 24.3 Å². The first kappa shape index (κ1) is 13.8. The Bertz CT molecular complexity index is 597. The highest BCUT2D eigenvalue weighted by Crippen LogP contribution is 2.32. The van der Waals surface area contributed by atoms with Crippen LogP contribution in [0, 0.1) is 0 Å². The van der Waals surface area contributed by atoms with Crippen molar-refractivity contribution in [2.45, 2.75) is 39.2 Å². The SMILES string of the molecule is COc1ccc2nc(C(C)C)cc(C(C)(C)O)c2c1. The fraction of sp³-hybridized carbons (Fsp3) is 0.438. The minimum Gasteiger partial charge on any atom is -0.497 e. The second kappa shape index (κ2) is 4.82. The molecule has 0 saturated carbocycles. The number of aliphatic hydroxyl groups is 1. The lowest BCUT2D eigenvalue weighted by atomic mass is 9.92. The molecule has 3 nitrogen and oxygen atoms in total. The molecule has 0 saturated heterocycles. The van der Waals surface area contributed by atoms with E-state index in [0.717, 1.165) is 27.9 Å². The van der Waals surface area contributed by atoms with Crippen molar-refractivity contribution in [1.29, 1.82) is 0 Å². The zero-order valence-corrected chi connectivity index (χ0v) is 12.2. The van der Waals surface area contributed by atoms with Gasteiger partial charge in [-0.05, 0) is 49.6 Å². The van der Waals surface area contributed by atoms with Crippen LogP contribution in [-0.4, -0.2) is 17.2 Å². The topological polar surface area (TPSA) is 42.4 Å². The van der Waals surface area contributed by atoms with E-state index >= 15 is 0 Å². The third-order valence-electron chi connectivity index (χ3n) is 3.29. The van der Waals surface area contributed by atoms with Gasteiger partial charge in [-0.25, -0.2) is 0 Å². The van der Waals surface area contributed by atoms with Crippen molar-refractivity contribution >= 4 is 10.9 Å². The van der Waals surface area contributed by atoms with Gasteiger partial charge in [-0.3, -0.25) is 4.98 Å². The summed E-state index contributed by atoms with van der Waals surface area (Å²) >= 11 is 0. The molecule has 0 radical (unpaired) electrons. The predicted molar refractivity (Wildman–Crippen MR) is 77.6 cm³/mol. The number of benzene rings is 1. The summed E-state index contributed by atoms with van der Waals surface area (Å²) in [4.78, 5) is 4.66. The summed E-state index contributed by atoms with van der Waals surface area (Å²) in [5, 5.41) is 11.3. The lowest BCUT2D eigenvalue weighted by molar-refractivity contribution is 0.0800. The Morgan fingerprint density at radius 3 is 2.42 bits per heavy atom. The van der Waals surface area contributed by atoms with Gasteiger partial charge in [-0.1, -0.05) is 13.8 Å². The highest BCUT2D eigenvalue weighted by atomic mass is 16.5. The minimum atomic E-state index is -0.906. The average molecular weight is 259 g/mol. The molecule has 2 rings (SSSR count). The Hall–Kier alpha value is -1.61. The van der Waals surface area contributed by atoms with E-state index in [1.165, 1.54) is 0 Å². The summed E-state index contributed by atoms with van der Waals surface area (Å²) in [6.07, 6.45) is 0. The number of hydrogen-bond donors (Lipinski definition) is 1. The summed E-state index contributed by atoms with van der Waals surface area (Å²) in [6, 6.07) is 7.76. The summed E-state index contributed by atoms with van der Waals surface area (Å²) in [5.41, 5.74) is 1.87. The molecule has 3 heteroatoms. The number of methoxy groups -OCH3 is 1. The highest BCUT2D eigenvalue weighted by molar-refractivity contribution is 5.84. The fourth-order valence-corrected chi connectivity index (χ4v) is 2.15. The summed E-state index contributed by atoms with van der Waals surface area (Å²) in [7, 11) is 1.64. The molecule has 0 atom stereocenters. The molecule has 0 spiro atoms. The van der Waals surface area contributed by atoms with Gasteiger partial charge < -0.3 is 9.84 Å². The van der Waals surface area contributed by atoms with Gasteiger partial charge in [0.15, 0.2) is 0 Å². The van der Waals surface area contributed by atoms with E-state index in [-0.39, 0.29) is 0 Å². The van der Waals surface area contributed by atoms with Crippen molar-refractivity contribution in [3.8, 4) is 5.75 Å². The molecule has 0 unspecified atom stereocenters. The van der Waals surface area contributed by atoms with Crippen LogP contribution in [0.4, 0.5) is 0 Å². The first-order valence-corrected chi connectivity index (χ1v) is 6.54. The number of hydrogen-bond acceptors (Lipinski definition) is 3. The van der Waals surface area contributed by atoms with Crippen molar-refractivity contribution in [3.05, 3.63) is 35.5 Å². The first-order valence-electron chi connectivity index (χ1n) is 6.54. The van der Waals surface area contributed by atoms with E-state index in [0.29, 0.717) is 5.92 Å². The molecule has 2 aromatic rings. The molecule has 0 aliphatic carbocycles. The second-order valence-corrected chi connectivity index (χ2v) is 5.69. The number of pyridine rings is 1. The Balaban J connectivity index is 2.79. The number of rotatable bonds is 3. The maximum atomic E-state index is 10.4. The van der Waals surface area contributed by atoms with E-state index in [1.54, 1.807) is 21.0 Å². The molecule has 1 N–H and O–H groups in total. The normalized spacial score (nSPS) is 12.2. The second-order valence-electron chi connectivity index (χ2n) is 5.69. The predicted octanol–water partition coefficient (Wildman–Crippen LogP) is 3.59. The van der Waals surface area contributed by atoms with E-state index in [9.17, 15) is 5.11 Å². The zero-order chi connectivity index (χ0) is 14.2. The van der Waals surface area contributed by atoms with Crippen molar-refractivity contribution in [1.82, 2.24) is 4.98 Å². The monoisotopic (exact) mass is 259 g/mol. The van der Waals surface area contributed by atoms with Crippen LogP contribution in [0.3, 0.4) is 0 Å². The van der Waals surface area contributed by atoms with E-state index in [1.807, 2.05) is 24.3 Å². The van der Waals surface area contributed by atoms with Crippen LogP contribution < -0.4 is 4.74 Å². The standard InChI is InChI=1S/C16H21NO2/c1-10(2)15-9-13(16(3,4)18)12-8-11(19-5)6-7-14(12)17-15/h6-10,18H,1-5H3. The smallest absolute Gasteiger partial charge is 0.119 e. The van der Waals surface area contributed by atoms with Crippen LogP contribution in [0.1, 0.15) is 44.9 Å². The first-order chi connectivity index (χ1) is 8.82. The van der Waals surface area contributed by atoms with Gasteiger partial charge in [0.1, 0.15) is 5.75 Å². The van der Waals surface area contributed by atoms with Gasteiger partial charge >= 0.3 is 0 Å². The molecule has 19 heavy (non-hydrogen) atoms. The quantitative estimate of drug-likeness (QED) is 0.915. The molecule has 102 valence electrons. The van der Waals surface area contributed by atoms with E-state index in [2.05, 4.69) is 18.8 Å². The van der Waals surface area contributed by atoms with Crippen molar-refractivity contribution in [3.63, 3.8) is 0 Å². The number of ether oxygens (including phenoxy) is 1. The molecule has 0 aliphatic heterocycles. The van der Waals surface area contributed by atoms with Gasteiger partial charge in [-0.15, -0.1) is 0 Å². The van der Waals surface area contributed by atoms with Crippen molar-refractivity contribution in [2.75, 3.05) is 7.11 Å². The van der Waals surface area contributed by atoms with Crippen molar-refractivity contribution < 1.29 is 9.84 Å². The minimum absolute atomic E-state index is 0.326. The molecule has 0 bridgehead atoms. The van der Waals surface area contributed by atoms with Gasteiger partial charge in [0.25, 0.3) is 0 Å². The number of aromatic nitrogens is 1. The Kier molecular flexibility index (Phi) is 3.50. The maximum Gasteiger partial charge on any atom is 0.119 e. The van der Waals surface area contributed by atoms with Gasteiger partial charge in [-0.2, -0.15) is 0 Å². The Labute approximate surface area is 114 Å². The third-order valence-corrected chi connectivity index (χ3v) is 3.29. The average Bonchev–Trinajstić information content (AvgIpc) is 2.35. The third kappa shape index (κ3) is 2.71. The molecule has 1 aromatic heterocycles. The van der Waals surface area contributed by atoms with Crippen LogP contribution >= 0.6 is 0 Å². The van der Waals surface area contributed by atoms with Gasteiger partial charge in [0, 0.05) is 11.1 Å². The molecule has 1 heterocycles. The van der Waals surface area contributed by atoms with Gasteiger partial charge in [0.05, 0.1) is 18.2 Å². The molecule has 0 fully saturated rings. The Morgan fingerprint density at radius 1 is 1.21 bits per heavy atom. The Morgan fingerprint density at radius 2 is 1.89 bits per heavy atom. The van der Waals surface area contributed by atoms with Crippen LogP contribution in [0.2, 0.25) is 0 Å². The van der Waals surface area contributed by atoms with Gasteiger partial charge in [0.2, 0.25) is 0 Å². The maximum absolute atomic E-state index is 10.4.